The molecule has 3 aliphatic rings. The molecule has 0 spiro atoms. The molecule has 4 heterocycles. The second kappa shape index (κ2) is 6.40. The molecule has 2 aromatic rings. The number of dihydropyridines is 1. The number of allylic oxidation sites excluding steroid dienone is 4. The molecule has 1 aliphatic carbocycles. The van der Waals surface area contributed by atoms with E-state index in [0.717, 1.165) is 43.0 Å². The van der Waals surface area contributed by atoms with Crippen molar-refractivity contribution in [2.75, 3.05) is 24.6 Å². The van der Waals surface area contributed by atoms with E-state index in [4.69, 9.17) is 4.74 Å². The molecule has 0 saturated carbocycles. The maximum Gasteiger partial charge on any atom is 0.182 e. The lowest BCUT2D eigenvalue weighted by Crippen LogP contribution is -2.34. The van der Waals surface area contributed by atoms with E-state index in [0.29, 0.717) is 18.2 Å². The van der Waals surface area contributed by atoms with Crippen LogP contribution in [-0.4, -0.2) is 51.9 Å². The highest BCUT2D eigenvalue weighted by molar-refractivity contribution is 5.83. The Kier molecular flexibility index (Phi) is 3.77. The van der Waals surface area contributed by atoms with E-state index in [2.05, 4.69) is 54.1 Å². The summed E-state index contributed by atoms with van der Waals surface area (Å²) in [5.41, 5.74) is 2.82. The van der Waals surface area contributed by atoms with Gasteiger partial charge in [0.25, 0.3) is 0 Å². The summed E-state index contributed by atoms with van der Waals surface area (Å²) in [6, 6.07) is 0.279. The van der Waals surface area contributed by atoms with E-state index in [1.807, 2.05) is 6.21 Å². The summed E-state index contributed by atoms with van der Waals surface area (Å²) in [7, 11) is 0. The van der Waals surface area contributed by atoms with Gasteiger partial charge in [0.2, 0.25) is 0 Å². The van der Waals surface area contributed by atoms with Crippen LogP contribution in [0, 0.1) is 5.92 Å². The highest BCUT2D eigenvalue weighted by atomic mass is 16.5. The van der Waals surface area contributed by atoms with Gasteiger partial charge in [-0.3, -0.25) is 4.99 Å². The lowest BCUT2D eigenvalue weighted by atomic mass is 9.92. The van der Waals surface area contributed by atoms with Gasteiger partial charge in [0, 0.05) is 24.6 Å². The molecule has 7 heteroatoms. The van der Waals surface area contributed by atoms with Gasteiger partial charge in [-0.15, -0.1) is 0 Å². The fraction of sp³-hybridized carbons (Fsp3) is 0.368. The normalized spacial score (nSPS) is 24.5. The molecule has 7 nitrogen and oxygen atoms in total. The number of ether oxygens (including phenoxy) is 1. The molecule has 1 fully saturated rings. The number of rotatable bonds is 4. The molecule has 2 aromatic heterocycles. The van der Waals surface area contributed by atoms with E-state index in [9.17, 15) is 0 Å². The lowest BCUT2D eigenvalue weighted by molar-refractivity contribution is 0.207. The van der Waals surface area contributed by atoms with E-state index in [1.54, 1.807) is 12.7 Å². The van der Waals surface area contributed by atoms with E-state index in [-0.39, 0.29) is 6.04 Å². The van der Waals surface area contributed by atoms with Crippen molar-refractivity contribution < 1.29 is 4.74 Å². The Labute approximate surface area is 151 Å². The van der Waals surface area contributed by atoms with Gasteiger partial charge < -0.3 is 14.6 Å². The van der Waals surface area contributed by atoms with Crippen molar-refractivity contribution in [3.05, 3.63) is 48.3 Å². The Bertz CT molecular complexity index is 940. The van der Waals surface area contributed by atoms with Crippen LogP contribution < -0.4 is 4.90 Å². The molecule has 26 heavy (non-hydrogen) atoms. The molecule has 0 amide bonds. The summed E-state index contributed by atoms with van der Waals surface area (Å²) in [5, 5.41) is 0. The third kappa shape index (κ3) is 2.60. The molecule has 0 aromatic carbocycles. The number of imidazole rings is 1. The molecule has 5 rings (SSSR count). The van der Waals surface area contributed by atoms with Gasteiger partial charge in [0.05, 0.1) is 18.6 Å². The molecule has 0 bridgehead atoms. The largest absolute Gasteiger partial charge is 0.490 e. The number of anilines is 1. The number of aromatic nitrogens is 4. The highest BCUT2D eigenvalue weighted by Crippen LogP contribution is 2.30. The van der Waals surface area contributed by atoms with Crippen molar-refractivity contribution in [3.63, 3.8) is 0 Å². The fourth-order valence-electron chi connectivity index (χ4n) is 3.90. The Morgan fingerprint density at radius 2 is 2.23 bits per heavy atom. The van der Waals surface area contributed by atoms with Crippen molar-refractivity contribution in [2.45, 2.75) is 18.9 Å². The van der Waals surface area contributed by atoms with Gasteiger partial charge in [-0.1, -0.05) is 24.3 Å². The van der Waals surface area contributed by atoms with Crippen LogP contribution in [0.5, 0.6) is 0 Å². The van der Waals surface area contributed by atoms with Crippen LogP contribution in [0.2, 0.25) is 0 Å². The van der Waals surface area contributed by atoms with Gasteiger partial charge in [0.15, 0.2) is 11.5 Å². The number of hydrogen-bond acceptors (Lipinski definition) is 6. The summed E-state index contributed by atoms with van der Waals surface area (Å²) in [5.74, 6) is 2.14. The molecule has 132 valence electrons. The number of nitrogens with zero attached hydrogens (tertiary/aromatic N) is 5. The van der Waals surface area contributed by atoms with Crippen LogP contribution in [0.25, 0.3) is 11.2 Å². The van der Waals surface area contributed by atoms with Crippen LogP contribution in [0.1, 0.15) is 12.8 Å². The minimum Gasteiger partial charge on any atom is -0.490 e. The second-order valence-corrected chi connectivity index (χ2v) is 6.76. The first-order valence-corrected chi connectivity index (χ1v) is 9.02. The predicted molar refractivity (Wildman–Crippen MR) is 100 cm³/mol. The smallest absolute Gasteiger partial charge is 0.182 e. The summed E-state index contributed by atoms with van der Waals surface area (Å²) in [6.45, 7) is 2.39. The number of aliphatic imine (C=N–C) groups is 1. The fourth-order valence-corrected chi connectivity index (χ4v) is 3.90. The Morgan fingerprint density at radius 3 is 3.23 bits per heavy atom. The van der Waals surface area contributed by atoms with Crippen LogP contribution in [0.15, 0.2) is 53.3 Å². The zero-order chi connectivity index (χ0) is 17.3. The van der Waals surface area contributed by atoms with E-state index in [1.165, 1.54) is 5.57 Å². The molecule has 1 saturated heterocycles. The van der Waals surface area contributed by atoms with Gasteiger partial charge in [-0.05, 0) is 12.8 Å². The second-order valence-electron chi connectivity index (χ2n) is 6.76. The zero-order valence-corrected chi connectivity index (χ0v) is 14.4. The lowest BCUT2D eigenvalue weighted by Gasteiger charge is -2.27. The predicted octanol–water partition coefficient (Wildman–Crippen LogP) is 2.42. The third-order valence-electron chi connectivity index (χ3n) is 5.21. The number of fused-ring (bicyclic) bond motifs is 2. The minimum atomic E-state index is 0.279. The monoisotopic (exact) mass is 348 g/mol. The summed E-state index contributed by atoms with van der Waals surface area (Å²) < 4.78 is 6.22. The number of aromatic amines is 1. The van der Waals surface area contributed by atoms with Crippen LogP contribution >= 0.6 is 0 Å². The van der Waals surface area contributed by atoms with Gasteiger partial charge >= 0.3 is 0 Å². The Morgan fingerprint density at radius 1 is 1.23 bits per heavy atom. The molecule has 2 unspecified atom stereocenters. The highest BCUT2D eigenvalue weighted by Gasteiger charge is 2.29. The molecule has 1 N–H and O–H groups in total. The minimum absolute atomic E-state index is 0.279. The van der Waals surface area contributed by atoms with Crippen molar-refractivity contribution >= 4 is 23.2 Å². The van der Waals surface area contributed by atoms with Crippen molar-refractivity contribution in [2.24, 2.45) is 10.9 Å². The third-order valence-corrected chi connectivity index (χ3v) is 5.21. The maximum atomic E-state index is 6.22. The Hall–Kier alpha value is -2.96. The number of H-pyrrole nitrogens is 1. The molecule has 0 radical (unpaired) electrons. The summed E-state index contributed by atoms with van der Waals surface area (Å²) >= 11 is 0. The zero-order valence-electron chi connectivity index (χ0n) is 14.4. The quantitative estimate of drug-likeness (QED) is 0.918. The molecular formula is C19H20N6O. The summed E-state index contributed by atoms with van der Waals surface area (Å²) in [6.07, 6.45) is 15.8. The van der Waals surface area contributed by atoms with Crippen molar-refractivity contribution in [3.8, 4) is 0 Å². The van der Waals surface area contributed by atoms with Crippen LogP contribution in [-0.2, 0) is 4.74 Å². The Balaban J connectivity index is 1.36. The molecular weight excluding hydrogens is 328 g/mol. The first-order chi connectivity index (χ1) is 12.9. The number of hydrogen-bond donors (Lipinski definition) is 1. The topological polar surface area (TPSA) is 79.3 Å². The molecule has 2 aliphatic heterocycles. The van der Waals surface area contributed by atoms with E-state index < -0.39 is 0 Å². The average Bonchev–Trinajstić information content (AvgIpc) is 3.35. The SMILES string of the molecule is C1=CC2=C(OCC3CCCN3c3ncnc4nc[nH]c34)C=NCC2C=C1. The van der Waals surface area contributed by atoms with Gasteiger partial charge in [0.1, 0.15) is 24.2 Å². The van der Waals surface area contributed by atoms with Gasteiger partial charge in [-0.2, -0.15) is 0 Å². The van der Waals surface area contributed by atoms with Crippen molar-refractivity contribution in [1.82, 2.24) is 19.9 Å². The van der Waals surface area contributed by atoms with Gasteiger partial charge in [-0.25, -0.2) is 15.0 Å². The molecule has 2 atom stereocenters. The van der Waals surface area contributed by atoms with Crippen LogP contribution in [0.3, 0.4) is 0 Å². The standard InChI is InChI=1S/C19H20N6O/c1-2-6-15-13(4-1)8-20-9-16(15)26-10-14-5-3-7-25(14)19-17-18(22-11-21-17)23-12-24-19/h1-2,4,6,9,11-14H,3,5,7-8,10H2,(H,21,22,23,24). The van der Waals surface area contributed by atoms with Crippen molar-refractivity contribution in [1.29, 1.82) is 0 Å². The summed E-state index contributed by atoms with van der Waals surface area (Å²) in [4.78, 5) is 22.9. The first kappa shape index (κ1) is 15.3. The maximum absolute atomic E-state index is 6.22. The van der Waals surface area contributed by atoms with E-state index >= 15 is 0 Å². The van der Waals surface area contributed by atoms with Crippen LogP contribution in [0.4, 0.5) is 5.82 Å². The average molecular weight is 348 g/mol. The first-order valence-electron chi connectivity index (χ1n) is 9.02. The number of nitrogens with one attached hydrogen (secondary N) is 1.